The second-order valence-corrected chi connectivity index (χ2v) is 17.2. The largest absolute Gasteiger partial charge is 0.493 e. The summed E-state index contributed by atoms with van der Waals surface area (Å²) in [5, 5.41) is 19.4. The highest BCUT2D eigenvalue weighted by molar-refractivity contribution is 7.22. The molecule has 2 aromatic heterocycles. The molecule has 0 radical (unpaired) electrons. The number of hydrogen-bond donors (Lipinski definition) is 2. The summed E-state index contributed by atoms with van der Waals surface area (Å²) >= 11 is 1.62. The number of anilines is 1. The van der Waals surface area contributed by atoms with E-state index in [4.69, 9.17) is 19.8 Å². The van der Waals surface area contributed by atoms with Gasteiger partial charge in [-0.15, -0.1) is 11.3 Å². The quantitative estimate of drug-likeness (QED) is 0.214. The Morgan fingerprint density at radius 1 is 1.04 bits per heavy atom. The average Bonchev–Trinajstić information content (AvgIpc) is 3.53. The van der Waals surface area contributed by atoms with Gasteiger partial charge in [0.05, 0.1) is 28.8 Å². The minimum atomic E-state index is -0.825. The highest BCUT2D eigenvalue weighted by atomic mass is 32.1. The Kier molecular flexibility index (Phi) is 13.6. The van der Waals surface area contributed by atoms with Crippen LogP contribution in [0.2, 0.25) is 0 Å². The summed E-state index contributed by atoms with van der Waals surface area (Å²) in [6, 6.07) is 15.9. The number of benzene rings is 2. The highest BCUT2D eigenvalue weighted by Crippen LogP contribution is 2.45. The molecule has 3 aliphatic rings. The molecule has 5 heterocycles. The Hall–Kier alpha value is -3.53. The fraction of sp³-hybridized carbons (Fsp3) is 0.568. The van der Waals surface area contributed by atoms with Gasteiger partial charge in [-0.1, -0.05) is 52.2 Å². The SMILES string of the molecule is CC.CC(C)(C)O.Cc1cc2nc3sc2c(c1CC(=O)O)-c1ccc2c(c1)C(CCCCC(C)CC1CN(CCN1C(C)C)c1cccc-3n1)CCO2. The topological polar surface area (TPSA) is 99.0 Å². The zero-order valence-corrected chi connectivity index (χ0v) is 34.4. The van der Waals surface area contributed by atoms with Crippen LogP contribution < -0.4 is 9.64 Å². The van der Waals surface area contributed by atoms with Gasteiger partial charge in [-0.05, 0) is 125 Å². The van der Waals surface area contributed by atoms with Crippen LogP contribution in [-0.4, -0.2) is 75.0 Å². The van der Waals surface area contributed by atoms with Crippen LogP contribution in [0.25, 0.3) is 32.0 Å². The Bertz CT molecular complexity index is 1840. The molecule has 8 nitrogen and oxygen atoms in total. The van der Waals surface area contributed by atoms with Gasteiger partial charge in [0.25, 0.3) is 0 Å². The van der Waals surface area contributed by atoms with Crippen molar-refractivity contribution in [1.82, 2.24) is 14.9 Å². The molecule has 3 unspecified atom stereocenters. The van der Waals surface area contributed by atoms with Crippen molar-refractivity contribution in [2.45, 2.75) is 131 Å². The summed E-state index contributed by atoms with van der Waals surface area (Å²) in [6.45, 7) is 22.1. The van der Waals surface area contributed by atoms with Gasteiger partial charge in [-0.2, -0.15) is 0 Å². The van der Waals surface area contributed by atoms with Gasteiger partial charge in [-0.3, -0.25) is 9.69 Å². The molecule has 2 aromatic carbocycles. The maximum Gasteiger partial charge on any atom is 0.307 e. The predicted molar refractivity (Wildman–Crippen MR) is 221 cm³/mol. The summed E-state index contributed by atoms with van der Waals surface area (Å²) in [7, 11) is 0. The molecule has 1 fully saturated rings. The van der Waals surface area contributed by atoms with Crippen molar-refractivity contribution in [2.24, 2.45) is 5.92 Å². The normalized spacial score (nSPS) is 20.5. The molecule has 3 atom stereocenters. The number of aliphatic hydroxyl groups is 1. The van der Waals surface area contributed by atoms with Crippen molar-refractivity contribution in [3.05, 3.63) is 59.2 Å². The molecular weight excluding hydrogens is 681 g/mol. The second-order valence-electron chi connectivity index (χ2n) is 16.2. The van der Waals surface area contributed by atoms with Gasteiger partial charge in [0.1, 0.15) is 22.3 Å². The van der Waals surface area contributed by atoms with Gasteiger partial charge >= 0.3 is 5.97 Å². The van der Waals surface area contributed by atoms with E-state index in [2.05, 4.69) is 73.0 Å². The number of thiazole rings is 1. The zero-order valence-electron chi connectivity index (χ0n) is 33.5. The van der Waals surface area contributed by atoms with E-state index in [0.29, 0.717) is 23.9 Å². The number of aryl methyl sites for hydroxylation is 1. The van der Waals surface area contributed by atoms with Gasteiger partial charge in [0.2, 0.25) is 0 Å². The third kappa shape index (κ3) is 10.2. The number of aliphatic carboxylic acids is 1. The highest BCUT2D eigenvalue weighted by Gasteiger charge is 2.31. The minimum Gasteiger partial charge on any atom is -0.493 e. The van der Waals surface area contributed by atoms with Crippen LogP contribution in [0, 0.1) is 12.8 Å². The molecule has 9 heteroatoms. The number of fused-ring (bicyclic) bond motifs is 9. The monoisotopic (exact) mass is 742 g/mol. The van der Waals surface area contributed by atoms with Crippen LogP contribution in [0.3, 0.4) is 0 Å². The van der Waals surface area contributed by atoms with E-state index in [1.165, 1.54) is 31.2 Å². The van der Waals surface area contributed by atoms with Crippen LogP contribution in [0.15, 0.2) is 42.5 Å². The number of ether oxygens (including phenoxy) is 1. The minimum absolute atomic E-state index is 0.0310. The molecule has 1 saturated heterocycles. The molecule has 0 saturated carbocycles. The van der Waals surface area contributed by atoms with E-state index in [0.717, 1.165) is 93.8 Å². The van der Waals surface area contributed by atoms with Crippen LogP contribution >= 0.6 is 11.3 Å². The summed E-state index contributed by atoms with van der Waals surface area (Å²) < 4.78 is 7.17. The molecule has 3 aliphatic heterocycles. The molecule has 288 valence electrons. The van der Waals surface area contributed by atoms with Crippen molar-refractivity contribution in [2.75, 3.05) is 31.1 Å². The van der Waals surface area contributed by atoms with Crippen molar-refractivity contribution in [1.29, 1.82) is 0 Å². The standard InChI is InChI=1S/C38H46N4O3S.C4H10O.C2H6/c1-23(2)42-16-15-41-22-28(42)18-24(3)8-5-6-9-26-14-17-45-33-13-12-27(20-30(26)33)36-29(21-35(43)44)25(4)19-32-37(36)46-38(40-32)31-10-7-11-34(41)39-31;1-4(2,3)5;1-2/h7,10-13,19-20,23-24,26,28H,5-6,8-9,14-18,21-22H2,1-4H3,(H,43,44);5H,1-3H3;1-2H3. The molecule has 2 N–H and O–H groups in total. The summed E-state index contributed by atoms with van der Waals surface area (Å²) in [5.41, 5.74) is 6.37. The second kappa shape index (κ2) is 17.7. The molecular formula is C44H62N4O4S. The number of pyridine rings is 1. The maximum absolute atomic E-state index is 12.1. The van der Waals surface area contributed by atoms with Gasteiger partial charge in [0, 0.05) is 37.3 Å². The lowest BCUT2D eigenvalue weighted by atomic mass is 9.84. The summed E-state index contributed by atoms with van der Waals surface area (Å²) in [4.78, 5) is 27.6. The summed E-state index contributed by atoms with van der Waals surface area (Å²) in [6.07, 6.45) is 7.03. The van der Waals surface area contributed by atoms with Crippen LogP contribution in [0.4, 0.5) is 5.82 Å². The van der Waals surface area contributed by atoms with Gasteiger partial charge in [-0.25, -0.2) is 9.97 Å². The first-order valence-corrected chi connectivity index (χ1v) is 20.7. The third-order valence-electron chi connectivity index (χ3n) is 10.4. The molecule has 8 bridgehead atoms. The Morgan fingerprint density at radius 3 is 2.49 bits per heavy atom. The Labute approximate surface area is 321 Å². The molecule has 0 amide bonds. The number of nitrogens with zero attached hydrogens (tertiary/aromatic N) is 4. The van der Waals surface area contributed by atoms with Crippen LogP contribution in [0.1, 0.15) is 117 Å². The Morgan fingerprint density at radius 2 is 1.77 bits per heavy atom. The van der Waals surface area contributed by atoms with E-state index < -0.39 is 11.6 Å². The molecule has 7 rings (SSSR count). The van der Waals surface area contributed by atoms with Gasteiger partial charge in [0.15, 0.2) is 0 Å². The van der Waals surface area contributed by atoms with E-state index in [1.807, 2.05) is 20.8 Å². The van der Waals surface area contributed by atoms with Crippen molar-refractivity contribution in [3.63, 3.8) is 0 Å². The number of carbonyl (C=O) groups is 1. The molecule has 0 aliphatic carbocycles. The van der Waals surface area contributed by atoms with Crippen molar-refractivity contribution in [3.8, 4) is 27.6 Å². The lowest BCUT2D eigenvalue weighted by Crippen LogP contribution is -2.56. The number of carboxylic acids is 1. The molecule has 4 aromatic rings. The third-order valence-corrected chi connectivity index (χ3v) is 11.6. The number of hydrogen-bond acceptors (Lipinski definition) is 8. The van der Waals surface area contributed by atoms with E-state index in [1.54, 1.807) is 32.1 Å². The van der Waals surface area contributed by atoms with E-state index >= 15 is 0 Å². The van der Waals surface area contributed by atoms with Crippen molar-refractivity contribution < 1.29 is 19.7 Å². The molecule has 0 spiro atoms. The first-order valence-electron chi connectivity index (χ1n) is 19.9. The number of carboxylic acid groups (broad SMARTS) is 1. The van der Waals surface area contributed by atoms with E-state index in [9.17, 15) is 9.90 Å². The lowest BCUT2D eigenvalue weighted by Gasteiger charge is -2.45. The first kappa shape index (κ1) is 40.7. The zero-order chi connectivity index (χ0) is 38.4. The fourth-order valence-corrected chi connectivity index (χ4v) is 9.21. The van der Waals surface area contributed by atoms with Gasteiger partial charge < -0.3 is 19.8 Å². The molecule has 53 heavy (non-hydrogen) atoms. The predicted octanol–water partition coefficient (Wildman–Crippen LogP) is 10.1. The Balaban J connectivity index is 0.000000715. The summed E-state index contributed by atoms with van der Waals surface area (Å²) in [5.74, 6) is 2.26. The van der Waals surface area contributed by atoms with Crippen LogP contribution in [0.5, 0.6) is 5.75 Å². The van der Waals surface area contributed by atoms with E-state index in [-0.39, 0.29) is 6.42 Å². The number of aromatic nitrogens is 2. The first-order chi connectivity index (χ1) is 25.2. The fourth-order valence-electron chi connectivity index (χ4n) is 8.10. The maximum atomic E-state index is 12.1. The van der Waals surface area contributed by atoms with Crippen LogP contribution in [-0.2, 0) is 11.2 Å². The number of rotatable bonds is 3. The number of piperazine rings is 1. The average molecular weight is 743 g/mol. The smallest absolute Gasteiger partial charge is 0.307 e. The lowest BCUT2D eigenvalue weighted by molar-refractivity contribution is -0.136. The van der Waals surface area contributed by atoms with Crippen molar-refractivity contribution >= 4 is 33.3 Å².